The standard InChI is InChI=1S/C20H17Cl2N7O/c1-13(20-14(2)29(27-24-20)19-9-5-16(22)6-10-19)25-30-12-17-11-28(26-23-17)18-7-3-15(21)4-8-18/h3-11H,12H2,1-2H3. The zero-order valence-electron chi connectivity index (χ0n) is 16.2. The molecule has 4 aromatic rings. The van der Waals surface area contributed by atoms with Crippen molar-refractivity contribution in [2.45, 2.75) is 20.5 Å². The Labute approximate surface area is 182 Å². The first-order valence-electron chi connectivity index (χ1n) is 9.03. The van der Waals surface area contributed by atoms with Crippen molar-refractivity contribution < 1.29 is 4.84 Å². The zero-order valence-corrected chi connectivity index (χ0v) is 17.7. The Hall–Kier alpha value is -3.23. The monoisotopic (exact) mass is 441 g/mol. The highest BCUT2D eigenvalue weighted by Gasteiger charge is 2.13. The molecule has 0 N–H and O–H groups in total. The molecule has 0 saturated carbocycles. The van der Waals surface area contributed by atoms with Gasteiger partial charge in [-0.3, -0.25) is 0 Å². The SMILES string of the molecule is CC(=NOCc1cn(-c2ccc(Cl)cc2)nn1)c1nnn(-c2ccc(Cl)cc2)c1C. The van der Waals surface area contributed by atoms with E-state index in [0.717, 1.165) is 17.1 Å². The van der Waals surface area contributed by atoms with E-state index in [0.29, 0.717) is 27.1 Å². The summed E-state index contributed by atoms with van der Waals surface area (Å²) < 4.78 is 3.37. The lowest BCUT2D eigenvalue weighted by molar-refractivity contribution is 0.127. The molecule has 30 heavy (non-hydrogen) atoms. The van der Waals surface area contributed by atoms with Crippen molar-refractivity contribution in [3.63, 3.8) is 0 Å². The predicted octanol–water partition coefficient (Wildman–Crippen LogP) is 4.40. The number of hydrogen-bond donors (Lipinski definition) is 0. The van der Waals surface area contributed by atoms with E-state index in [-0.39, 0.29) is 6.61 Å². The van der Waals surface area contributed by atoms with Crippen molar-refractivity contribution in [3.8, 4) is 11.4 Å². The summed E-state index contributed by atoms with van der Waals surface area (Å²) in [5.41, 5.74) is 4.46. The Balaban J connectivity index is 1.43. The average molecular weight is 442 g/mol. The van der Waals surface area contributed by atoms with Crippen LogP contribution >= 0.6 is 23.2 Å². The van der Waals surface area contributed by atoms with Gasteiger partial charge in [-0.25, -0.2) is 9.36 Å². The van der Waals surface area contributed by atoms with E-state index in [1.807, 2.05) is 38.1 Å². The molecule has 0 radical (unpaired) electrons. The van der Waals surface area contributed by atoms with Crippen LogP contribution in [0.1, 0.15) is 24.0 Å². The summed E-state index contributed by atoms with van der Waals surface area (Å²) in [4.78, 5) is 5.45. The second-order valence-corrected chi connectivity index (χ2v) is 7.37. The lowest BCUT2D eigenvalue weighted by Crippen LogP contribution is -2.02. The van der Waals surface area contributed by atoms with E-state index in [1.165, 1.54) is 0 Å². The molecule has 8 nitrogen and oxygen atoms in total. The Morgan fingerprint density at radius 2 is 1.57 bits per heavy atom. The van der Waals surface area contributed by atoms with E-state index in [9.17, 15) is 0 Å². The van der Waals surface area contributed by atoms with Crippen molar-refractivity contribution in [2.24, 2.45) is 5.16 Å². The number of hydrogen-bond acceptors (Lipinski definition) is 6. The molecule has 0 spiro atoms. The summed E-state index contributed by atoms with van der Waals surface area (Å²) in [6.45, 7) is 3.91. The lowest BCUT2D eigenvalue weighted by Gasteiger charge is -2.04. The molecule has 2 heterocycles. The smallest absolute Gasteiger partial charge is 0.162 e. The molecule has 2 aromatic carbocycles. The highest BCUT2D eigenvalue weighted by molar-refractivity contribution is 6.30. The Kier molecular flexibility index (Phi) is 5.78. The van der Waals surface area contributed by atoms with Gasteiger partial charge in [0.05, 0.1) is 23.3 Å². The first-order valence-corrected chi connectivity index (χ1v) is 9.79. The highest BCUT2D eigenvalue weighted by Crippen LogP contribution is 2.16. The summed E-state index contributed by atoms with van der Waals surface area (Å²) >= 11 is 11.9. The van der Waals surface area contributed by atoms with Gasteiger partial charge in [-0.2, -0.15) is 0 Å². The molecule has 152 valence electrons. The largest absolute Gasteiger partial charge is 0.389 e. The minimum atomic E-state index is 0.176. The lowest BCUT2D eigenvalue weighted by atomic mass is 10.2. The summed E-state index contributed by atoms with van der Waals surface area (Å²) in [7, 11) is 0. The molecule has 2 aromatic heterocycles. The molecule has 10 heteroatoms. The summed E-state index contributed by atoms with van der Waals surface area (Å²) in [6.07, 6.45) is 1.77. The molecular formula is C20H17Cl2N7O. The number of rotatable bonds is 6. The maximum absolute atomic E-state index is 5.95. The molecule has 0 atom stereocenters. The van der Waals surface area contributed by atoms with Crippen LogP contribution in [0.3, 0.4) is 0 Å². The van der Waals surface area contributed by atoms with Gasteiger partial charge in [-0.15, -0.1) is 10.2 Å². The van der Waals surface area contributed by atoms with E-state index in [4.69, 9.17) is 28.0 Å². The molecule has 0 saturated heterocycles. The molecule has 0 fully saturated rings. The molecule has 0 aliphatic rings. The normalized spacial score (nSPS) is 11.7. The first-order chi connectivity index (χ1) is 14.5. The summed E-state index contributed by atoms with van der Waals surface area (Å²) in [6, 6.07) is 14.7. The van der Waals surface area contributed by atoms with Crippen molar-refractivity contribution in [2.75, 3.05) is 0 Å². The second kappa shape index (κ2) is 8.64. The van der Waals surface area contributed by atoms with Gasteiger partial charge in [0.25, 0.3) is 0 Å². The van der Waals surface area contributed by atoms with Crippen LogP contribution in [-0.4, -0.2) is 35.7 Å². The Morgan fingerprint density at radius 3 is 2.23 bits per heavy atom. The maximum atomic E-state index is 5.95. The fourth-order valence-corrected chi connectivity index (χ4v) is 3.07. The van der Waals surface area contributed by atoms with Crippen LogP contribution in [0.4, 0.5) is 0 Å². The van der Waals surface area contributed by atoms with Crippen LogP contribution in [0.15, 0.2) is 59.9 Å². The van der Waals surface area contributed by atoms with Gasteiger partial charge in [-0.1, -0.05) is 38.8 Å². The molecule has 0 bridgehead atoms. The van der Waals surface area contributed by atoms with Crippen molar-refractivity contribution >= 4 is 28.9 Å². The number of nitrogens with zero attached hydrogens (tertiary/aromatic N) is 7. The quantitative estimate of drug-likeness (QED) is 0.327. The van der Waals surface area contributed by atoms with Crippen LogP contribution in [0.25, 0.3) is 11.4 Å². The van der Waals surface area contributed by atoms with Gasteiger partial charge in [0, 0.05) is 10.0 Å². The number of oxime groups is 1. The first kappa shape index (κ1) is 20.1. The van der Waals surface area contributed by atoms with Crippen LogP contribution < -0.4 is 0 Å². The van der Waals surface area contributed by atoms with Crippen molar-refractivity contribution in [3.05, 3.63) is 81.9 Å². The molecule has 0 amide bonds. The third-order valence-corrected chi connectivity index (χ3v) is 4.86. The fraction of sp³-hybridized carbons (Fsp3) is 0.150. The second-order valence-electron chi connectivity index (χ2n) is 6.49. The third-order valence-electron chi connectivity index (χ3n) is 4.35. The molecule has 0 unspecified atom stereocenters. The number of aromatic nitrogens is 6. The van der Waals surface area contributed by atoms with Gasteiger partial charge in [0.15, 0.2) is 6.61 Å². The topological polar surface area (TPSA) is 83.0 Å². The van der Waals surface area contributed by atoms with Crippen molar-refractivity contribution in [1.29, 1.82) is 0 Å². The Bertz CT molecular complexity index is 1180. The molecule has 0 aliphatic heterocycles. The van der Waals surface area contributed by atoms with E-state index in [1.54, 1.807) is 39.8 Å². The van der Waals surface area contributed by atoms with Crippen LogP contribution in [-0.2, 0) is 11.4 Å². The summed E-state index contributed by atoms with van der Waals surface area (Å²) in [5.74, 6) is 0. The van der Waals surface area contributed by atoms with Crippen LogP contribution in [0, 0.1) is 6.92 Å². The highest BCUT2D eigenvalue weighted by atomic mass is 35.5. The average Bonchev–Trinajstić information content (AvgIpc) is 3.36. The third kappa shape index (κ3) is 4.34. The van der Waals surface area contributed by atoms with Gasteiger partial charge in [-0.05, 0) is 62.4 Å². The van der Waals surface area contributed by atoms with Gasteiger partial charge in [0.2, 0.25) is 0 Å². The fourth-order valence-electron chi connectivity index (χ4n) is 2.81. The zero-order chi connectivity index (χ0) is 21.1. The van der Waals surface area contributed by atoms with E-state index >= 15 is 0 Å². The minimum absolute atomic E-state index is 0.176. The van der Waals surface area contributed by atoms with Crippen LogP contribution in [0.5, 0.6) is 0 Å². The molecule has 4 rings (SSSR count). The van der Waals surface area contributed by atoms with Gasteiger partial charge < -0.3 is 4.84 Å². The summed E-state index contributed by atoms with van der Waals surface area (Å²) in [5, 5.41) is 22.1. The van der Waals surface area contributed by atoms with Crippen molar-refractivity contribution in [1.82, 2.24) is 30.0 Å². The minimum Gasteiger partial charge on any atom is -0.389 e. The van der Waals surface area contributed by atoms with Gasteiger partial charge >= 0.3 is 0 Å². The molecular weight excluding hydrogens is 425 g/mol. The van der Waals surface area contributed by atoms with Gasteiger partial charge in [0.1, 0.15) is 17.1 Å². The number of benzene rings is 2. The van der Waals surface area contributed by atoms with Crippen LogP contribution in [0.2, 0.25) is 10.0 Å². The Morgan fingerprint density at radius 1 is 0.933 bits per heavy atom. The van der Waals surface area contributed by atoms with E-state index < -0.39 is 0 Å². The number of halogens is 2. The molecule has 0 aliphatic carbocycles. The van der Waals surface area contributed by atoms with E-state index in [2.05, 4.69) is 25.8 Å². The maximum Gasteiger partial charge on any atom is 0.162 e. The predicted molar refractivity (Wildman–Crippen MR) is 114 cm³/mol.